The van der Waals surface area contributed by atoms with E-state index in [-0.39, 0.29) is 41.7 Å². The maximum Gasteiger partial charge on any atom is 0.310 e. The Morgan fingerprint density at radius 2 is 2.20 bits per heavy atom. The fourth-order valence-corrected chi connectivity index (χ4v) is 3.84. The minimum Gasteiger partial charge on any atom is -0.469 e. The van der Waals surface area contributed by atoms with Gasteiger partial charge >= 0.3 is 11.9 Å². The van der Waals surface area contributed by atoms with E-state index in [9.17, 15) is 9.59 Å². The molecule has 0 spiro atoms. The summed E-state index contributed by atoms with van der Waals surface area (Å²) in [5, 5.41) is 0. The Labute approximate surface area is 87.9 Å². The summed E-state index contributed by atoms with van der Waals surface area (Å²) >= 11 is 0. The fraction of sp³-hybridized carbons (Fsp3) is 0.818. The largest absolute Gasteiger partial charge is 0.469 e. The maximum atomic E-state index is 11.7. The van der Waals surface area contributed by atoms with Gasteiger partial charge in [0.2, 0.25) is 0 Å². The van der Waals surface area contributed by atoms with Crippen LogP contribution in [-0.4, -0.2) is 25.2 Å². The number of esters is 2. The SMILES string of the molecule is COC(=O)C1C2C(=O)OC3C2C[C@@H]1[C@@H]3C. The van der Waals surface area contributed by atoms with Gasteiger partial charge in [0.15, 0.2) is 0 Å². The van der Waals surface area contributed by atoms with Gasteiger partial charge in [-0.05, 0) is 18.3 Å². The summed E-state index contributed by atoms with van der Waals surface area (Å²) in [6.07, 6.45) is 1.01. The molecule has 0 radical (unpaired) electrons. The van der Waals surface area contributed by atoms with Crippen LogP contribution in [0.1, 0.15) is 13.3 Å². The molecule has 1 heterocycles. The van der Waals surface area contributed by atoms with Crippen molar-refractivity contribution in [1.29, 1.82) is 0 Å². The van der Waals surface area contributed by atoms with Gasteiger partial charge in [0.25, 0.3) is 0 Å². The first-order chi connectivity index (χ1) is 7.15. The molecule has 82 valence electrons. The number of carbonyl (C=O) groups excluding carboxylic acids is 2. The van der Waals surface area contributed by atoms with Crippen LogP contribution in [0.15, 0.2) is 0 Å². The number of methoxy groups -OCH3 is 1. The smallest absolute Gasteiger partial charge is 0.310 e. The molecule has 0 amide bonds. The van der Waals surface area contributed by atoms with Gasteiger partial charge < -0.3 is 9.47 Å². The van der Waals surface area contributed by atoms with E-state index in [1.165, 1.54) is 7.11 Å². The molecule has 15 heavy (non-hydrogen) atoms. The Morgan fingerprint density at radius 1 is 1.47 bits per heavy atom. The number of hydrogen-bond donors (Lipinski definition) is 0. The highest BCUT2D eigenvalue weighted by atomic mass is 16.6. The third-order valence-corrected chi connectivity index (χ3v) is 4.47. The van der Waals surface area contributed by atoms with Gasteiger partial charge in [-0.25, -0.2) is 0 Å². The van der Waals surface area contributed by atoms with Gasteiger partial charge in [0.05, 0.1) is 18.9 Å². The van der Waals surface area contributed by atoms with Crippen molar-refractivity contribution in [2.45, 2.75) is 19.4 Å². The second-order valence-corrected chi connectivity index (χ2v) is 4.90. The highest BCUT2D eigenvalue weighted by molar-refractivity contribution is 5.85. The lowest BCUT2D eigenvalue weighted by Gasteiger charge is -2.27. The molecular weight excluding hydrogens is 196 g/mol. The monoisotopic (exact) mass is 210 g/mol. The maximum absolute atomic E-state index is 11.7. The molecular formula is C11H14O4. The third-order valence-electron chi connectivity index (χ3n) is 4.47. The molecule has 0 aromatic rings. The Morgan fingerprint density at radius 3 is 2.87 bits per heavy atom. The minimum atomic E-state index is -0.249. The molecule has 1 saturated heterocycles. The first kappa shape index (κ1) is 9.19. The molecule has 4 unspecified atom stereocenters. The summed E-state index contributed by atoms with van der Waals surface area (Å²) in [4.78, 5) is 23.3. The molecule has 2 bridgehead atoms. The Hall–Kier alpha value is -1.06. The zero-order chi connectivity index (χ0) is 10.7. The van der Waals surface area contributed by atoms with E-state index in [1.807, 2.05) is 0 Å². The van der Waals surface area contributed by atoms with Crippen LogP contribution in [0.5, 0.6) is 0 Å². The van der Waals surface area contributed by atoms with E-state index in [2.05, 4.69) is 6.92 Å². The number of hydrogen-bond acceptors (Lipinski definition) is 4. The van der Waals surface area contributed by atoms with Gasteiger partial charge in [0.1, 0.15) is 6.10 Å². The van der Waals surface area contributed by atoms with E-state index in [4.69, 9.17) is 9.47 Å². The van der Waals surface area contributed by atoms with Crippen molar-refractivity contribution in [3.8, 4) is 0 Å². The summed E-state index contributed by atoms with van der Waals surface area (Å²) in [6.45, 7) is 2.07. The third kappa shape index (κ3) is 0.924. The van der Waals surface area contributed by atoms with Gasteiger partial charge in [-0.15, -0.1) is 0 Å². The lowest BCUT2D eigenvalue weighted by atomic mass is 9.75. The zero-order valence-electron chi connectivity index (χ0n) is 8.80. The highest BCUT2D eigenvalue weighted by Crippen LogP contribution is 2.60. The predicted octanol–water partition coefficient (Wildman–Crippen LogP) is 0.603. The first-order valence-corrected chi connectivity index (χ1v) is 5.43. The van der Waals surface area contributed by atoms with Crippen LogP contribution in [0.25, 0.3) is 0 Å². The summed E-state index contributed by atoms with van der Waals surface area (Å²) < 4.78 is 10.1. The Bertz CT molecular complexity index is 337. The predicted molar refractivity (Wildman–Crippen MR) is 49.6 cm³/mol. The molecule has 0 N–H and O–H groups in total. The van der Waals surface area contributed by atoms with E-state index in [0.29, 0.717) is 5.92 Å². The summed E-state index contributed by atoms with van der Waals surface area (Å²) in [6, 6.07) is 0. The van der Waals surface area contributed by atoms with Crippen LogP contribution < -0.4 is 0 Å². The Balaban J connectivity index is 1.98. The fourth-order valence-electron chi connectivity index (χ4n) is 3.84. The quantitative estimate of drug-likeness (QED) is 0.595. The number of rotatable bonds is 1. The van der Waals surface area contributed by atoms with Crippen molar-refractivity contribution in [2.75, 3.05) is 7.11 Å². The normalized spacial score (nSPS) is 50.7. The van der Waals surface area contributed by atoms with Crippen molar-refractivity contribution in [3.05, 3.63) is 0 Å². The van der Waals surface area contributed by atoms with Gasteiger partial charge in [-0.2, -0.15) is 0 Å². The summed E-state index contributed by atoms with van der Waals surface area (Å²) in [5.74, 6) is -0.0406. The number of fused-ring (bicyclic) bond motifs is 1. The molecule has 2 saturated carbocycles. The van der Waals surface area contributed by atoms with Crippen LogP contribution in [0.3, 0.4) is 0 Å². The molecule has 3 rings (SSSR count). The highest BCUT2D eigenvalue weighted by Gasteiger charge is 2.67. The molecule has 0 aromatic carbocycles. The van der Waals surface area contributed by atoms with Crippen LogP contribution in [-0.2, 0) is 19.1 Å². The van der Waals surface area contributed by atoms with Crippen LogP contribution in [0.2, 0.25) is 0 Å². The number of ether oxygens (including phenoxy) is 2. The van der Waals surface area contributed by atoms with Crippen LogP contribution in [0.4, 0.5) is 0 Å². The van der Waals surface area contributed by atoms with E-state index in [1.54, 1.807) is 0 Å². The van der Waals surface area contributed by atoms with Gasteiger partial charge in [0, 0.05) is 5.92 Å². The van der Waals surface area contributed by atoms with Crippen LogP contribution in [0, 0.1) is 29.6 Å². The average Bonchev–Trinajstić information content (AvgIpc) is 2.80. The average molecular weight is 210 g/mol. The Kier molecular flexibility index (Phi) is 1.68. The summed E-state index contributed by atoms with van der Waals surface area (Å²) in [7, 11) is 1.39. The van der Waals surface area contributed by atoms with Crippen molar-refractivity contribution >= 4 is 11.9 Å². The van der Waals surface area contributed by atoms with E-state index < -0.39 is 0 Å². The van der Waals surface area contributed by atoms with Crippen molar-refractivity contribution in [1.82, 2.24) is 0 Å². The number of carbonyl (C=O) groups is 2. The molecule has 1 aliphatic heterocycles. The van der Waals surface area contributed by atoms with E-state index >= 15 is 0 Å². The van der Waals surface area contributed by atoms with Crippen LogP contribution >= 0.6 is 0 Å². The molecule has 3 aliphatic rings. The van der Waals surface area contributed by atoms with Crippen molar-refractivity contribution < 1.29 is 19.1 Å². The molecule has 0 aromatic heterocycles. The van der Waals surface area contributed by atoms with Crippen molar-refractivity contribution in [2.24, 2.45) is 29.6 Å². The summed E-state index contributed by atoms with van der Waals surface area (Å²) in [5.41, 5.74) is 0. The lowest BCUT2D eigenvalue weighted by molar-refractivity contribution is -0.153. The van der Waals surface area contributed by atoms with Crippen molar-refractivity contribution in [3.63, 3.8) is 0 Å². The molecule has 6 atom stereocenters. The van der Waals surface area contributed by atoms with Gasteiger partial charge in [-0.1, -0.05) is 6.92 Å². The molecule has 4 nitrogen and oxygen atoms in total. The molecule has 4 heteroatoms. The second kappa shape index (κ2) is 2.74. The minimum absolute atomic E-state index is 0.0633. The second-order valence-electron chi connectivity index (χ2n) is 4.90. The first-order valence-electron chi connectivity index (χ1n) is 5.43. The standard InChI is InChI=1S/C11H14O4/c1-4-5-3-6-8(7(5)10(12)14-2)11(13)15-9(4)6/h4-9H,3H2,1-2H3/t4-,5+,6?,7?,8?,9?/m0/s1. The topological polar surface area (TPSA) is 52.6 Å². The molecule has 3 fully saturated rings. The molecule has 2 aliphatic carbocycles. The zero-order valence-corrected chi connectivity index (χ0v) is 8.80. The van der Waals surface area contributed by atoms with E-state index in [0.717, 1.165) is 6.42 Å². The van der Waals surface area contributed by atoms with Gasteiger partial charge in [-0.3, -0.25) is 9.59 Å². The lowest BCUT2D eigenvalue weighted by Crippen LogP contribution is -2.37.